The Hall–Kier alpha value is -2.35. The Morgan fingerprint density at radius 2 is 1.41 bits per heavy atom. The lowest BCUT2D eigenvalue weighted by atomic mass is 10.0. The predicted molar refractivity (Wildman–Crippen MR) is 69.9 cm³/mol. The molecule has 0 bridgehead atoms. The third-order valence-electron chi connectivity index (χ3n) is 2.46. The predicted octanol–water partition coefficient (Wildman–Crippen LogP) is 2.71. The van der Waals surface area contributed by atoms with Gasteiger partial charge >= 0.3 is 0 Å². The Balaban J connectivity index is 2.44. The van der Waals surface area contributed by atoms with E-state index in [1.54, 1.807) is 6.08 Å². The zero-order valence-corrected chi connectivity index (χ0v) is 9.34. The van der Waals surface area contributed by atoms with Crippen LogP contribution in [-0.4, -0.2) is 5.91 Å². The summed E-state index contributed by atoms with van der Waals surface area (Å²) in [5.74, 6) is -0.417. The summed E-state index contributed by atoms with van der Waals surface area (Å²) < 4.78 is 0. The van der Waals surface area contributed by atoms with Gasteiger partial charge in [0, 0.05) is 5.57 Å². The van der Waals surface area contributed by atoms with Crippen LogP contribution in [-0.2, 0) is 4.79 Å². The molecule has 0 aliphatic carbocycles. The molecule has 2 aromatic carbocycles. The maximum atomic E-state index is 11.5. The average Bonchev–Trinajstić information content (AvgIpc) is 2.38. The van der Waals surface area contributed by atoms with E-state index in [0.29, 0.717) is 5.57 Å². The van der Waals surface area contributed by atoms with Gasteiger partial charge < -0.3 is 5.73 Å². The molecule has 0 saturated heterocycles. The molecule has 0 radical (unpaired) electrons. The van der Waals surface area contributed by atoms with Gasteiger partial charge in [-0.05, 0) is 17.2 Å². The van der Waals surface area contributed by atoms with E-state index >= 15 is 0 Å². The molecule has 17 heavy (non-hydrogen) atoms. The van der Waals surface area contributed by atoms with Gasteiger partial charge in [-0.25, -0.2) is 0 Å². The van der Waals surface area contributed by atoms with Gasteiger partial charge in [-0.15, -0.1) is 0 Å². The van der Waals surface area contributed by atoms with Gasteiger partial charge in [0.05, 0.1) is 0 Å². The van der Waals surface area contributed by atoms with Crippen molar-refractivity contribution in [3.63, 3.8) is 0 Å². The fourth-order valence-corrected chi connectivity index (χ4v) is 1.63. The Bertz CT molecular complexity index is 529. The van der Waals surface area contributed by atoms with Gasteiger partial charge in [-0.1, -0.05) is 60.7 Å². The van der Waals surface area contributed by atoms with E-state index in [9.17, 15) is 4.79 Å². The molecule has 84 valence electrons. The molecule has 0 saturated carbocycles. The number of carbonyl (C=O) groups is 1. The van der Waals surface area contributed by atoms with Gasteiger partial charge in [0.25, 0.3) is 0 Å². The van der Waals surface area contributed by atoms with Crippen LogP contribution in [0.15, 0.2) is 60.7 Å². The summed E-state index contributed by atoms with van der Waals surface area (Å²) in [5.41, 5.74) is 7.73. The highest BCUT2D eigenvalue weighted by Gasteiger charge is 2.07. The van der Waals surface area contributed by atoms with Crippen molar-refractivity contribution in [2.24, 2.45) is 5.73 Å². The van der Waals surface area contributed by atoms with E-state index < -0.39 is 5.91 Å². The summed E-state index contributed by atoms with van der Waals surface area (Å²) in [4.78, 5) is 11.5. The van der Waals surface area contributed by atoms with E-state index in [1.165, 1.54) is 0 Å². The Morgan fingerprint density at radius 1 is 0.882 bits per heavy atom. The largest absolute Gasteiger partial charge is 0.366 e. The Morgan fingerprint density at radius 3 is 1.94 bits per heavy atom. The van der Waals surface area contributed by atoms with Crippen LogP contribution in [0.3, 0.4) is 0 Å². The van der Waals surface area contributed by atoms with Crippen molar-refractivity contribution in [2.45, 2.75) is 0 Å². The van der Waals surface area contributed by atoms with Crippen molar-refractivity contribution in [1.82, 2.24) is 0 Å². The number of rotatable bonds is 3. The van der Waals surface area contributed by atoms with Gasteiger partial charge in [-0.3, -0.25) is 4.79 Å². The Kier molecular flexibility index (Phi) is 3.36. The van der Waals surface area contributed by atoms with Crippen LogP contribution in [0, 0.1) is 0 Å². The molecule has 0 aliphatic heterocycles. The van der Waals surface area contributed by atoms with E-state index in [0.717, 1.165) is 11.1 Å². The molecule has 2 heteroatoms. The number of benzene rings is 2. The highest BCUT2D eigenvalue weighted by Crippen LogP contribution is 2.17. The summed E-state index contributed by atoms with van der Waals surface area (Å²) in [6.45, 7) is 0. The van der Waals surface area contributed by atoms with Crippen LogP contribution in [0.5, 0.6) is 0 Å². The van der Waals surface area contributed by atoms with Crippen molar-refractivity contribution in [2.75, 3.05) is 0 Å². The van der Waals surface area contributed by atoms with Crippen LogP contribution in [0.4, 0.5) is 0 Å². The topological polar surface area (TPSA) is 43.1 Å². The number of hydrogen-bond acceptors (Lipinski definition) is 1. The molecule has 1 amide bonds. The molecular formula is C15H13NO. The van der Waals surface area contributed by atoms with Crippen molar-refractivity contribution in [3.05, 3.63) is 71.8 Å². The van der Waals surface area contributed by atoms with Gasteiger partial charge in [0.2, 0.25) is 5.91 Å². The molecule has 0 heterocycles. The second-order valence-corrected chi connectivity index (χ2v) is 3.70. The van der Waals surface area contributed by atoms with E-state index in [-0.39, 0.29) is 0 Å². The van der Waals surface area contributed by atoms with E-state index in [2.05, 4.69) is 0 Å². The van der Waals surface area contributed by atoms with Crippen molar-refractivity contribution >= 4 is 17.6 Å². The summed E-state index contributed by atoms with van der Waals surface area (Å²) in [6.07, 6.45) is 1.80. The average molecular weight is 223 g/mol. The zero-order chi connectivity index (χ0) is 12.1. The number of primary amides is 1. The molecule has 2 aromatic rings. The molecule has 2 nitrogen and oxygen atoms in total. The molecule has 0 aromatic heterocycles. The maximum Gasteiger partial charge on any atom is 0.249 e. The van der Waals surface area contributed by atoms with Gasteiger partial charge in [-0.2, -0.15) is 0 Å². The monoisotopic (exact) mass is 223 g/mol. The molecule has 0 aliphatic rings. The summed E-state index contributed by atoms with van der Waals surface area (Å²) in [5, 5.41) is 0. The molecule has 0 atom stereocenters. The third kappa shape index (κ3) is 2.82. The van der Waals surface area contributed by atoms with Crippen LogP contribution < -0.4 is 5.73 Å². The quantitative estimate of drug-likeness (QED) is 0.631. The Labute approximate surface area is 100 Å². The minimum Gasteiger partial charge on any atom is -0.366 e. The first-order valence-corrected chi connectivity index (χ1v) is 5.39. The minimum atomic E-state index is -0.417. The molecule has 2 N–H and O–H groups in total. The highest BCUT2D eigenvalue weighted by atomic mass is 16.1. The first-order valence-electron chi connectivity index (χ1n) is 5.39. The molecule has 0 unspecified atom stereocenters. The fourth-order valence-electron chi connectivity index (χ4n) is 1.63. The summed E-state index contributed by atoms with van der Waals surface area (Å²) >= 11 is 0. The first kappa shape index (κ1) is 11.1. The van der Waals surface area contributed by atoms with E-state index in [4.69, 9.17) is 5.73 Å². The lowest BCUT2D eigenvalue weighted by Gasteiger charge is -2.03. The normalized spacial score (nSPS) is 11.2. The van der Waals surface area contributed by atoms with Crippen LogP contribution in [0.25, 0.3) is 11.6 Å². The fraction of sp³-hybridized carbons (Fsp3) is 0. The number of nitrogens with two attached hydrogens (primary N) is 1. The summed E-state index contributed by atoms with van der Waals surface area (Å²) in [6, 6.07) is 19.1. The van der Waals surface area contributed by atoms with Crippen molar-refractivity contribution in [1.29, 1.82) is 0 Å². The molecule has 2 rings (SSSR count). The standard InChI is InChI=1S/C15H13NO/c16-15(17)14(13-9-5-2-6-10-13)11-12-7-3-1-4-8-12/h1-11H,(H2,16,17)/b14-11-. The number of carbonyl (C=O) groups excluding carboxylic acids is 1. The second-order valence-electron chi connectivity index (χ2n) is 3.70. The van der Waals surface area contributed by atoms with Gasteiger partial charge in [0.15, 0.2) is 0 Å². The number of amides is 1. The van der Waals surface area contributed by atoms with E-state index in [1.807, 2.05) is 60.7 Å². The van der Waals surface area contributed by atoms with Crippen LogP contribution in [0.2, 0.25) is 0 Å². The van der Waals surface area contributed by atoms with Crippen molar-refractivity contribution < 1.29 is 4.79 Å². The molecular weight excluding hydrogens is 210 g/mol. The lowest BCUT2D eigenvalue weighted by molar-refractivity contribution is -0.112. The summed E-state index contributed by atoms with van der Waals surface area (Å²) in [7, 11) is 0. The van der Waals surface area contributed by atoms with Crippen molar-refractivity contribution in [3.8, 4) is 0 Å². The van der Waals surface area contributed by atoms with Gasteiger partial charge in [0.1, 0.15) is 0 Å². The van der Waals surface area contributed by atoms with Crippen LogP contribution >= 0.6 is 0 Å². The third-order valence-corrected chi connectivity index (χ3v) is 2.46. The minimum absolute atomic E-state index is 0.417. The molecule has 0 fully saturated rings. The lowest BCUT2D eigenvalue weighted by Crippen LogP contribution is -2.12. The van der Waals surface area contributed by atoms with Crippen LogP contribution in [0.1, 0.15) is 11.1 Å². The number of hydrogen-bond donors (Lipinski definition) is 1. The zero-order valence-electron chi connectivity index (χ0n) is 9.34. The SMILES string of the molecule is NC(=O)/C(=C\c1ccccc1)c1ccccc1. The molecule has 0 spiro atoms. The highest BCUT2D eigenvalue weighted by molar-refractivity contribution is 6.23. The maximum absolute atomic E-state index is 11.5. The second kappa shape index (κ2) is 5.12. The smallest absolute Gasteiger partial charge is 0.249 e. The first-order chi connectivity index (χ1) is 8.27.